The number of rotatable bonds is 68. The van der Waals surface area contributed by atoms with Gasteiger partial charge in [-0.25, -0.2) is 0 Å². The molecular weight excluding hydrogens is 1050 g/mol. The van der Waals surface area contributed by atoms with Crippen LogP contribution in [0, 0.1) is 0 Å². The topological polar surface area (TPSA) is 111 Å². The van der Waals surface area contributed by atoms with E-state index in [1.807, 2.05) is 21.1 Å². The monoisotopic (exact) mass is 1190 g/mol. The molecule has 0 aromatic rings. The van der Waals surface area contributed by atoms with Crippen molar-refractivity contribution >= 4 is 17.9 Å². The van der Waals surface area contributed by atoms with Gasteiger partial charge in [0.05, 0.1) is 40.3 Å². The van der Waals surface area contributed by atoms with Crippen LogP contribution in [0.2, 0.25) is 0 Å². The fourth-order valence-corrected chi connectivity index (χ4v) is 10.7. The number of ether oxygens (including phenoxy) is 4. The molecule has 0 rings (SSSR count). The lowest BCUT2D eigenvalue weighted by Gasteiger charge is -2.26. The summed E-state index contributed by atoms with van der Waals surface area (Å²) in [6.07, 6.45) is 85.0. The highest BCUT2D eigenvalue weighted by Crippen LogP contribution is 2.19. The third kappa shape index (κ3) is 68.3. The van der Waals surface area contributed by atoms with Crippen LogP contribution in [-0.4, -0.2) is 82.3 Å². The van der Waals surface area contributed by atoms with Crippen molar-refractivity contribution in [1.82, 2.24) is 0 Å². The molecular formula is C76H139NO8. The standard InChI is InChI=1S/C76H139NO8/c1-6-8-10-12-14-16-18-20-22-24-26-27-28-29-30-31-32-33-34-35-36-37-38-39-40-41-42-43-44-45-46-47-49-50-52-54-56-58-60-62-64-66-73(78)83-70-72(71-84-76(75(80)81)82-69-68-77(3,4)5)85-74(79)67-65-63-61-59-57-55-53-51-48-25-23-21-19-17-15-13-11-9-7-2/h9,11,15,17,21,23,48,51,55,57,72,76H,6-8,10,12-14,16,18-20,22,24-47,49-50,52-54,56,58-71H2,1-5H3/b11-9-,17-15-,23-21-,51-48-,57-55-. The smallest absolute Gasteiger partial charge is 0.306 e. The maximum Gasteiger partial charge on any atom is 0.306 e. The second-order valence-electron chi connectivity index (χ2n) is 25.9. The highest BCUT2D eigenvalue weighted by atomic mass is 16.7. The van der Waals surface area contributed by atoms with E-state index in [0.29, 0.717) is 17.4 Å². The molecule has 496 valence electrons. The van der Waals surface area contributed by atoms with Gasteiger partial charge in [-0.3, -0.25) is 9.59 Å². The Morgan fingerprint density at radius 2 is 0.671 bits per heavy atom. The van der Waals surface area contributed by atoms with Crippen LogP contribution in [0.1, 0.15) is 348 Å². The zero-order valence-electron chi connectivity index (χ0n) is 56.7. The molecule has 0 radical (unpaired) electrons. The molecule has 2 unspecified atom stereocenters. The molecule has 0 saturated heterocycles. The van der Waals surface area contributed by atoms with Gasteiger partial charge in [-0.1, -0.05) is 338 Å². The van der Waals surface area contributed by atoms with E-state index in [0.717, 1.165) is 70.6 Å². The van der Waals surface area contributed by atoms with Crippen molar-refractivity contribution in [2.75, 3.05) is 47.5 Å². The van der Waals surface area contributed by atoms with Gasteiger partial charge in [-0.05, 0) is 57.8 Å². The molecule has 0 aliphatic rings. The lowest BCUT2D eigenvalue weighted by atomic mass is 10.0. The Labute approximate surface area is 526 Å². The van der Waals surface area contributed by atoms with E-state index in [1.54, 1.807) is 0 Å². The van der Waals surface area contributed by atoms with Crippen LogP contribution in [0.4, 0.5) is 0 Å². The van der Waals surface area contributed by atoms with Crippen LogP contribution in [0.3, 0.4) is 0 Å². The first-order chi connectivity index (χ1) is 41.6. The SMILES string of the molecule is CC/C=C\C/C=C\C/C=C\C/C=C\C/C=C\CCCCCC(=O)OC(COC(=O)CCCCCCCCCCCCCCCCCCCCCCCCCCCCCCCCCCCCCCCCCCC)COC(OCC[N+](C)(C)C)C(=O)[O-]. The number of likely N-dealkylation sites (N-methyl/N-ethyl adjacent to an activating group) is 1. The third-order valence-electron chi connectivity index (χ3n) is 16.3. The van der Waals surface area contributed by atoms with Gasteiger partial charge in [0, 0.05) is 12.8 Å². The molecule has 9 nitrogen and oxygen atoms in total. The van der Waals surface area contributed by atoms with E-state index < -0.39 is 24.3 Å². The van der Waals surface area contributed by atoms with Crippen molar-refractivity contribution in [1.29, 1.82) is 0 Å². The van der Waals surface area contributed by atoms with Gasteiger partial charge < -0.3 is 33.3 Å². The summed E-state index contributed by atoms with van der Waals surface area (Å²) < 4.78 is 22.7. The van der Waals surface area contributed by atoms with Gasteiger partial charge in [-0.2, -0.15) is 0 Å². The fourth-order valence-electron chi connectivity index (χ4n) is 10.7. The zero-order chi connectivity index (χ0) is 61.9. The molecule has 0 aromatic heterocycles. The van der Waals surface area contributed by atoms with Crippen molar-refractivity contribution in [3.8, 4) is 0 Å². The van der Waals surface area contributed by atoms with Gasteiger partial charge in [0.15, 0.2) is 12.4 Å². The minimum atomic E-state index is -1.63. The van der Waals surface area contributed by atoms with Gasteiger partial charge in [-0.15, -0.1) is 0 Å². The molecule has 0 amide bonds. The van der Waals surface area contributed by atoms with Crippen molar-refractivity contribution < 1.29 is 42.9 Å². The second kappa shape index (κ2) is 66.9. The van der Waals surface area contributed by atoms with Gasteiger partial charge in [0.1, 0.15) is 13.2 Å². The zero-order valence-corrected chi connectivity index (χ0v) is 56.7. The minimum Gasteiger partial charge on any atom is -0.545 e. The average molecular weight is 1190 g/mol. The molecule has 0 heterocycles. The highest BCUT2D eigenvalue weighted by Gasteiger charge is 2.22. The normalized spacial score (nSPS) is 13.0. The lowest BCUT2D eigenvalue weighted by Crippen LogP contribution is -2.44. The van der Waals surface area contributed by atoms with E-state index in [-0.39, 0.29) is 38.6 Å². The van der Waals surface area contributed by atoms with E-state index in [4.69, 9.17) is 18.9 Å². The van der Waals surface area contributed by atoms with Crippen LogP contribution in [0.5, 0.6) is 0 Å². The van der Waals surface area contributed by atoms with Crippen molar-refractivity contribution in [2.24, 2.45) is 0 Å². The van der Waals surface area contributed by atoms with E-state index in [2.05, 4.69) is 74.6 Å². The number of carboxylic acid groups (broad SMARTS) is 1. The number of carbonyl (C=O) groups is 3. The largest absolute Gasteiger partial charge is 0.545 e. The Morgan fingerprint density at radius 1 is 0.365 bits per heavy atom. The quantitative estimate of drug-likeness (QED) is 0.0195. The van der Waals surface area contributed by atoms with Gasteiger partial charge >= 0.3 is 11.9 Å². The summed E-state index contributed by atoms with van der Waals surface area (Å²) in [5.41, 5.74) is 0. The van der Waals surface area contributed by atoms with Crippen LogP contribution in [0.25, 0.3) is 0 Å². The van der Waals surface area contributed by atoms with Crippen LogP contribution in [-0.2, 0) is 33.3 Å². The molecule has 9 heteroatoms. The second-order valence-corrected chi connectivity index (χ2v) is 25.9. The number of aliphatic carboxylic acids is 1. The average Bonchev–Trinajstić information content (AvgIpc) is 3.48. The molecule has 0 N–H and O–H groups in total. The predicted molar refractivity (Wildman–Crippen MR) is 362 cm³/mol. The summed E-state index contributed by atoms with van der Waals surface area (Å²) >= 11 is 0. The Kier molecular flexibility index (Phi) is 64.6. The maximum atomic E-state index is 12.9. The number of quaternary nitrogens is 1. The van der Waals surface area contributed by atoms with E-state index >= 15 is 0 Å². The summed E-state index contributed by atoms with van der Waals surface area (Å²) in [4.78, 5) is 37.4. The third-order valence-corrected chi connectivity index (χ3v) is 16.3. The van der Waals surface area contributed by atoms with Crippen molar-refractivity contribution in [3.63, 3.8) is 0 Å². The summed E-state index contributed by atoms with van der Waals surface area (Å²) in [6, 6.07) is 0. The first-order valence-corrected chi connectivity index (χ1v) is 36.4. The number of carboxylic acids is 1. The Morgan fingerprint density at radius 3 is 1.00 bits per heavy atom. The highest BCUT2D eigenvalue weighted by molar-refractivity contribution is 5.70. The summed E-state index contributed by atoms with van der Waals surface area (Å²) in [5.74, 6) is -2.32. The van der Waals surface area contributed by atoms with Gasteiger partial charge in [0.2, 0.25) is 0 Å². The maximum absolute atomic E-state index is 12.9. The fraction of sp³-hybridized carbons (Fsp3) is 0.829. The Balaban J connectivity index is 3.93. The number of hydrogen-bond donors (Lipinski definition) is 0. The molecule has 0 bridgehead atoms. The van der Waals surface area contributed by atoms with Crippen LogP contribution < -0.4 is 5.11 Å². The minimum absolute atomic E-state index is 0.140. The predicted octanol–water partition coefficient (Wildman–Crippen LogP) is 21.4. The Hall–Kier alpha value is -3.01. The first-order valence-electron chi connectivity index (χ1n) is 36.4. The van der Waals surface area contributed by atoms with Crippen molar-refractivity contribution in [2.45, 2.75) is 360 Å². The number of unbranched alkanes of at least 4 members (excludes halogenated alkanes) is 43. The summed E-state index contributed by atoms with van der Waals surface area (Å²) in [5, 5.41) is 11.8. The number of nitrogens with zero attached hydrogens (tertiary/aromatic N) is 1. The van der Waals surface area contributed by atoms with Crippen LogP contribution >= 0.6 is 0 Å². The first kappa shape index (κ1) is 82.0. The number of carbonyl (C=O) groups excluding carboxylic acids is 3. The lowest BCUT2D eigenvalue weighted by molar-refractivity contribution is -0.870. The van der Waals surface area contributed by atoms with Crippen molar-refractivity contribution in [3.05, 3.63) is 60.8 Å². The van der Waals surface area contributed by atoms with E-state index in [1.165, 1.54) is 244 Å². The van der Waals surface area contributed by atoms with E-state index in [9.17, 15) is 19.5 Å². The summed E-state index contributed by atoms with van der Waals surface area (Å²) in [7, 11) is 5.92. The molecule has 0 fully saturated rings. The molecule has 0 aliphatic heterocycles. The molecule has 0 spiro atoms. The Bertz CT molecular complexity index is 1580. The number of allylic oxidation sites excluding steroid dienone is 10. The molecule has 2 atom stereocenters. The van der Waals surface area contributed by atoms with Gasteiger partial charge in [0.25, 0.3) is 0 Å². The number of hydrogen-bond acceptors (Lipinski definition) is 8. The van der Waals surface area contributed by atoms with Crippen LogP contribution in [0.15, 0.2) is 60.8 Å². The molecule has 0 saturated carbocycles. The molecule has 0 aliphatic carbocycles. The molecule has 85 heavy (non-hydrogen) atoms. The molecule has 0 aromatic carbocycles. The number of esters is 2. The summed E-state index contributed by atoms with van der Waals surface area (Å²) in [6.45, 7) is 4.64.